The van der Waals surface area contributed by atoms with Gasteiger partial charge in [-0.2, -0.15) is 0 Å². The average Bonchev–Trinajstić information content (AvgIpc) is 2.39. The summed E-state index contributed by atoms with van der Waals surface area (Å²) in [6.45, 7) is -0.308. The van der Waals surface area contributed by atoms with Crippen molar-refractivity contribution in [1.29, 1.82) is 0 Å². The van der Waals surface area contributed by atoms with Crippen molar-refractivity contribution in [3.8, 4) is 0 Å². The van der Waals surface area contributed by atoms with Gasteiger partial charge in [0.05, 0.1) is 19.1 Å². The number of aliphatic carboxylic acids is 1. The number of carbonyl (C=O) groups excluding carboxylic acids is 1. The zero-order valence-corrected chi connectivity index (χ0v) is 10.1. The first-order valence-corrected chi connectivity index (χ1v) is 5.85. The molecule has 1 rings (SSSR count). The van der Waals surface area contributed by atoms with E-state index >= 15 is 0 Å². The number of aryl methyl sites for hydroxylation is 1. The van der Waals surface area contributed by atoms with Crippen LogP contribution >= 0.6 is 0 Å². The highest BCUT2D eigenvalue weighted by atomic mass is 16.4. The highest BCUT2D eigenvalue weighted by Gasteiger charge is 2.17. The minimum Gasteiger partial charge on any atom is -0.480 e. The molecule has 5 nitrogen and oxygen atoms in total. The molecule has 5 heteroatoms. The van der Waals surface area contributed by atoms with Crippen LogP contribution in [0.25, 0.3) is 0 Å². The number of hydrogen-bond acceptors (Lipinski definition) is 4. The Bertz CT molecular complexity index is 392. The third kappa shape index (κ3) is 5.07. The molecule has 0 saturated carbocycles. The van der Waals surface area contributed by atoms with E-state index in [1.54, 1.807) is 0 Å². The molecule has 1 aromatic carbocycles. The Kier molecular flexibility index (Phi) is 6.04. The number of nitrogens with two attached hydrogens (primary N) is 1. The van der Waals surface area contributed by atoms with Gasteiger partial charge >= 0.3 is 5.97 Å². The summed E-state index contributed by atoms with van der Waals surface area (Å²) in [5.41, 5.74) is 6.43. The van der Waals surface area contributed by atoms with Gasteiger partial charge in [0.25, 0.3) is 0 Å². The summed E-state index contributed by atoms with van der Waals surface area (Å²) in [6, 6.07) is 9.24. The average molecular weight is 250 g/mol. The van der Waals surface area contributed by atoms with E-state index in [9.17, 15) is 9.59 Å². The Morgan fingerprint density at radius 1 is 1.28 bits per heavy atom. The number of carboxylic acids is 1. The van der Waals surface area contributed by atoms with E-state index in [1.807, 2.05) is 30.3 Å². The summed E-state index contributed by atoms with van der Waals surface area (Å²) in [6.07, 6.45) is 1.26. The first-order chi connectivity index (χ1) is 8.63. The van der Waals surface area contributed by atoms with Gasteiger partial charge in [0, 0.05) is 0 Å². The number of carbonyl (C=O) groups is 2. The molecular formula is C13H18N2O3. The molecule has 0 radical (unpaired) electrons. The van der Waals surface area contributed by atoms with Crippen LogP contribution in [0.2, 0.25) is 0 Å². The Hall–Kier alpha value is -1.72. The Labute approximate surface area is 106 Å². The summed E-state index contributed by atoms with van der Waals surface area (Å²) in [7, 11) is 0. The van der Waals surface area contributed by atoms with E-state index in [1.165, 1.54) is 0 Å². The van der Waals surface area contributed by atoms with Crippen LogP contribution in [0.15, 0.2) is 30.3 Å². The van der Waals surface area contributed by atoms with Crippen molar-refractivity contribution < 1.29 is 14.7 Å². The fourth-order valence-corrected chi connectivity index (χ4v) is 1.69. The normalized spacial score (nSPS) is 12.1. The smallest absolute Gasteiger partial charge is 0.317 e. The molecule has 0 saturated heterocycles. The molecule has 4 N–H and O–H groups in total. The maximum atomic E-state index is 11.6. The highest BCUT2D eigenvalue weighted by Crippen LogP contribution is 2.05. The van der Waals surface area contributed by atoms with E-state index in [-0.39, 0.29) is 18.9 Å². The van der Waals surface area contributed by atoms with Crippen molar-refractivity contribution in [2.24, 2.45) is 5.73 Å². The summed E-state index contributed by atoms with van der Waals surface area (Å²) in [5, 5.41) is 11.3. The van der Waals surface area contributed by atoms with Crippen LogP contribution in [0.1, 0.15) is 12.0 Å². The van der Waals surface area contributed by atoms with Gasteiger partial charge in [0.2, 0.25) is 0 Å². The lowest BCUT2D eigenvalue weighted by Gasteiger charge is -2.15. The van der Waals surface area contributed by atoms with E-state index in [2.05, 4.69) is 5.32 Å². The molecule has 1 aromatic rings. The molecule has 0 heterocycles. The van der Waals surface area contributed by atoms with E-state index in [0.29, 0.717) is 12.8 Å². The van der Waals surface area contributed by atoms with Crippen LogP contribution in [0.4, 0.5) is 0 Å². The molecule has 0 aliphatic carbocycles. The SMILES string of the molecule is NCC(=O)C(CCc1ccccc1)NCC(=O)O. The van der Waals surface area contributed by atoms with Gasteiger partial charge in [0.1, 0.15) is 0 Å². The van der Waals surface area contributed by atoms with Gasteiger partial charge < -0.3 is 10.8 Å². The van der Waals surface area contributed by atoms with Crippen molar-refractivity contribution >= 4 is 11.8 Å². The number of rotatable bonds is 8. The Morgan fingerprint density at radius 3 is 2.50 bits per heavy atom. The van der Waals surface area contributed by atoms with Gasteiger partial charge in [-0.25, -0.2) is 0 Å². The molecule has 0 aromatic heterocycles. The molecule has 98 valence electrons. The van der Waals surface area contributed by atoms with Crippen LogP contribution in [0, 0.1) is 0 Å². The fourth-order valence-electron chi connectivity index (χ4n) is 1.69. The maximum absolute atomic E-state index is 11.6. The first-order valence-electron chi connectivity index (χ1n) is 5.85. The van der Waals surface area contributed by atoms with Crippen molar-refractivity contribution in [3.63, 3.8) is 0 Å². The molecular weight excluding hydrogens is 232 g/mol. The van der Waals surface area contributed by atoms with Crippen molar-refractivity contribution in [2.45, 2.75) is 18.9 Å². The van der Waals surface area contributed by atoms with Crippen LogP contribution < -0.4 is 11.1 Å². The zero-order chi connectivity index (χ0) is 13.4. The molecule has 0 aliphatic heterocycles. The first kappa shape index (κ1) is 14.3. The van der Waals surface area contributed by atoms with Crippen LogP contribution in [0.3, 0.4) is 0 Å². The minimum atomic E-state index is -0.982. The summed E-state index contributed by atoms with van der Waals surface area (Å²) < 4.78 is 0. The van der Waals surface area contributed by atoms with Crippen molar-refractivity contribution in [3.05, 3.63) is 35.9 Å². The van der Waals surface area contributed by atoms with Gasteiger partial charge in [0.15, 0.2) is 5.78 Å². The third-order valence-corrected chi connectivity index (χ3v) is 2.65. The molecule has 0 spiro atoms. The Balaban J connectivity index is 2.50. The molecule has 0 amide bonds. The number of carboxylic acid groups (broad SMARTS) is 1. The second-order valence-electron chi connectivity index (χ2n) is 4.02. The predicted octanol–water partition coefficient (Wildman–Crippen LogP) is 0.190. The quantitative estimate of drug-likeness (QED) is 0.612. The van der Waals surface area contributed by atoms with Crippen LogP contribution in [-0.4, -0.2) is 36.0 Å². The van der Waals surface area contributed by atoms with E-state index in [4.69, 9.17) is 10.8 Å². The number of ketones is 1. The predicted molar refractivity (Wildman–Crippen MR) is 68.3 cm³/mol. The van der Waals surface area contributed by atoms with Gasteiger partial charge in [-0.1, -0.05) is 30.3 Å². The second kappa shape index (κ2) is 7.58. The van der Waals surface area contributed by atoms with Crippen LogP contribution in [-0.2, 0) is 16.0 Å². The lowest BCUT2D eigenvalue weighted by molar-refractivity contribution is -0.136. The highest BCUT2D eigenvalue weighted by molar-refractivity contribution is 5.86. The van der Waals surface area contributed by atoms with Crippen LogP contribution in [0.5, 0.6) is 0 Å². The standard InChI is InChI=1S/C13H18N2O3/c14-8-12(16)11(15-9-13(17)18)7-6-10-4-2-1-3-5-10/h1-5,11,15H,6-9,14H2,(H,17,18). The molecule has 18 heavy (non-hydrogen) atoms. The van der Waals surface area contributed by atoms with E-state index < -0.39 is 12.0 Å². The van der Waals surface area contributed by atoms with Gasteiger partial charge in [-0.15, -0.1) is 0 Å². The minimum absolute atomic E-state index is 0.0773. The number of hydrogen-bond donors (Lipinski definition) is 3. The molecule has 0 bridgehead atoms. The summed E-state index contributed by atoms with van der Waals surface area (Å²) in [4.78, 5) is 22.0. The fraction of sp³-hybridized carbons (Fsp3) is 0.385. The molecule has 1 unspecified atom stereocenters. The zero-order valence-electron chi connectivity index (χ0n) is 10.1. The topological polar surface area (TPSA) is 92.4 Å². The molecule has 0 fully saturated rings. The number of nitrogens with one attached hydrogen (secondary N) is 1. The Morgan fingerprint density at radius 2 is 1.94 bits per heavy atom. The van der Waals surface area contributed by atoms with Crippen molar-refractivity contribution in [2.75, 3.05) is 13.1 Å². The third-order valence-electron chi connectivity index (χ3n) is 2.65. The van der Waals surface area contributed by atoms with Gasteiger partial charge in [-0.05, 0) is 18.4 Å². The second-order valence-corrected chi connectivity index (χ2v) is 4.02. The molecule has 1 atom stereocenters. The maximum Gasteiger partial charge on any atom is 0.317 e. The van der Waals surface area contributed by atoms with Gasteiger partial charge in [-0.3, -0.25) is 14.9 Å². The largest absolute Gasteiger partial charge is 0.480 e. The van der Waals surface area contributed by atoms with Crippen molar-refractivity contribution in [1.82, 2.24) is 5.32 Å². The number of benzene rings is 1. The number of Topliss-reactive ketones (excluding diaryl/α,β-unsaturated/α-hetero) is 1. The lowest BCUT2D eigenvalue weighted by atomic mass is 10.0. The lowest BCUT2D eigenvalue weighted by Crippen LogP contribution is -2.42. The monoisotopic (exact) mass is 250 g/mol. The molecule has 0 aliphatic rings. The van der Waals surface area contributed by atoms with E-state index in [0.717, 1.165) is 5.56 Å². The summed E-state index contributed by atoms with van der Waals surface area (Å²) in [5.74, 6) is -1.14. The summed E-state index contributed by atoms with van der Waals surface area (Å²) >= 11 is 0.